The maximum absolute atomic E-state index is 5.47. The number of benzene rings is 1. The van der Waals surface area contributed by atoms with Gasteiger partial charge in [0, 0.05) is 19.3 Å². The van der Waals surface area contributed by atoms with Gasteiger partial charge in [0.05, 0.1) is 0 Å². The molecule has 2 aliphatic rings. The van der Waals surface area contributed by atoms with Gasteiger partial charge in [0.15, 0.2) is 0 Å². The number of hydrogen-bond donors (Lipinski definition) is 0. The topological polar surface area (TPSA) is 12.5 Å². The van der Waals surface area contributed by atoms with Crippen LogP contribution in [0.1, 0.15) is 42.7 Å². The zero-order valence-electron chi connectivity index (χ0n) is 12.0. The minimum absolute atomic E-state index is 0.775. The monoisotopic (exact) mass is 259 g/mol. The fraction of sp³-hybridized carbons (Fsp3) is 0.647. The molecule has 2 heteroatoms. The molecule has 2 fully saturated rings. The normalized spacial score (nSPS) is 23.6. The molecule has 2 aliphatic heterocycles. The van der Waals surface area contributed by atoms with Crippen molar-refractivity contribution in [3.05, 3.63) is 35.4 Å². The summed E-state index contributed by atoms with van der Waals surface area (Å²) in [5.41, 5.74) is 2.90. The Morgan fingerprint density at radius 1 is 0.947 bits per heavy atom. The fourth-order valence-corrected chi connectivity index (χ4v) is 3.49. The molecule has 0 radical (unpaired) electrons. The Morgan fingerprint density at radius 2 is 1.58 bits per heavy atom. The van der Waals surface area contributed by atoms with Gasteiger partial charge in [-0.2, -0.15) is 0 Å². The van der Waals surface area contributed by atoms with E-state index in [1.165, 1.54) is 49.9 Å². The lowest BCUT2D eigenvalue weighted by molar-refractivity contribution is 0.0252. The molecule has 0 N–H and O–H groups in total. The van der Waals surface area contributed by atoms with Crippen molar-refractivity contribution in [3.63, 3.8) is 0 Å². The molecule has 19 heavy (non-hydrogen) atoms. The Bertz CT molecular complexity index is 386. The van der Waals surface area contributed by atoms with Gasteiger partial charge in [-0.3, -0.25) is 0 Å². The van der Waals surface area contributed by atoms with Crippen molar-refractivity contribution in [2.45, 2.75) is 44.6 Å². The van der Waals surface area contributed by atoms with Crippen molar-refractivity contribution >= 4 is 0 Å². The van der Waals surface area contributed by atoms with E-state index >= 15 is 0 Å². The van der Waals surface area contributed by atoms with E-state index in [4.69, 9.17) is 4.74 Å². The molecule has 0 bridgehead atoms. The van der Waals surface area contributed by atoms with E-state index in [0.29, 0.717) is 0 Å². The highest BCUT2D eigenvalue weighted by molar-refractivity contribution is 5.24. The van der Waals surface area contributed by atoms with Crippen molar-refractivity contribution in [2.75, 3.05) is 26.3 Å². The third-order valence-corrected chi connectivity index (χ3v) is 4.79. The van der Waals surface area contributed by atoms with Crippen LogP contribution in [0, 0.1) is 6.92 Å². The summed E-state index contributed by atoms with van der Waals surface area (Å²) in [6, 6.07) is 9.93. The van der Waals surface area contributed by atoms with Crippen LogP contribution in [-0.2, 0) is 4.74 Å². The summed E-state index contributed by atoms with van der Waals surface area (Å²) in [6.07, 6.45) is 5.10. The van der Waals surface area contributed by atoms with Gasteiger partial charge in [-0.05, 0) is 57.2 Å². The first-order chi connectivity index (χ1) is 9.33. The number of aryl methyl sites for hydroxylation is 1. The fourth-order valence-electron chi connectivity index (χ4n) is 3.49. The Labute approximate surface area is 116 Å². The molecule has 0 aromatic heterocycles. The van der Waals surface area contributed by atoms with Crippen LogP contribution in [0.2, 0.25) is 0 Å². The number of piperidine rings is 1. The van der Waals surface area contributed by atoms with Gasteiger partial charge >= 0.3 is 0 Å². The summed E-state index contributed by atoms with van der Waals surface area (Å²) in [7, 11) is 0. The van der Waals surface area contributed by atoms with Gasteiger partial charge in [-0.1, -0.05) is 29.8 Å². The quantitative estimate of drug-likeness (QED) is 0.807. The van der Waals surface area contributed by atoms with Gasteiger partial charge in [-0.25, -0.2) is 0 Å². The van der Waals surface area contributed by atoms with Crippen LogP contribution in [0.3, 0.4) is 0 Å². The summed E-state index contributed by atoms with van der Waals surface area (Å²) < 4.78 is 5.47. The van der Waals surface area contributed by atoms with Crippen molar-refractivity contribution in [3.8, 4) is 0 Å². The molecule has 0 aliphatic carbocycles. The first-order valence-electron chi connectivity index (χ1n) is 7.71. The van der Waals surface area contributed by atoms with Crippen molar-refractivity contribution in [1.29, 1.82) is 0 Å². The third kappa shape index (κ3) is 3.18. The van der Waals surface area contributed by atoms with Crippen LogP contribution < -0.4 is 0 Å². The zero-order chi connectivity index (χ0) is 13.1. The second kappa shape index (κ2) is 6.06. The third-order valence-electron chi connectivity index (χ3n) is 4.79. The first-order valence-corrected chi connectivity index (χ1v) is 7.71. The molecule has 0 unspecified atom stereocenters. The van der Waals surface area contributed by atoms with Crippen LogP contribution in [0.4, 0.5) is 0 Å². The standard InChI is InChI=1S/C17H25NO/c1-14-2-4-15(5-3-14)16-6-10-18(11-7-16)17-8-12-19-13-9-17/h2-5,16-17H,6-13H2,1H3. The lowest BCUT2D eigenvalue weighted by Crippen LogP contribution is -2.43. The number of nitrogens with zero attached hydrogens (tertiary/aromatic N) is 1. The van der Waals surface area contributed by atoms with E-state index in [1.54, 1.807) is 0 Å². The molecule has 2 nitrogen and oxygen atoms in total. The average molecular weight is 259 g/mol. The second-order valence-electron chi connectivity index (χ2n) is 6.06. The van der Waals surface area contributed by atoms with E-state index in [1.807, 2.05) is 0 Å². The highest BCUT2D eigenvalue weighted by Gasteiger charge is 2.26. The maximum Gasteiger partial charge on any atom is 0.0480 e. The van der Waals surface area contributed by atoms with Gasteiger partial charge < -0.3 is 9.64 Å². The molecular weight excluding hydrogens is 234 g/mol. The predicted molar refractivity (Wildman–Crippen MR) is 78.6 cm³/mol. The summed E-state index contributed by atoms with van der Waals surface area (Å²) >= 11 is 0. The molecule has 0 saturated carbocycles. The van der Waals surface area contributed by atoms with E-state index in [0.717, 1.165) is 25.2 Å². The minimum atomic E-state index is 0.775. The molecule has 3 rings (SSSR count). The van der Waals surface area contributed by atoms with Gasteiger partial charge in [-0.15, -0.1) is 0 Å². The largest absolute Gasteiger partial charge is 0.381 e. The van der Waals surface area contributed by atoms with Gasteiger partial charge in [0.1, 0.15) is 0 Å². The average Bonchev–Trinajstić information content (AvgIpc) is 2.49. The zero-order valence-corrected chi connectivity index (χ0v) is 12.0. The summed E-state index contributed by atoms with van der Waals surface area (Å²) in [6.45, 7) is 6.62. The Morgan fingerprint density at radius 3 is 2.21 bits per heavy atom. The summed E-state index contributed by atoms with van der Waals surface area (Å²) in [4.78, 5) is 2.70. The molecule has 0 amide bonds. The lowest BCUT2D eigenvalue weighted by Gasteiger charge is -2.39. The number of rotatable bonds is 2. The maximum atomic E-state index is 5.47. The minimum Gasteiger partial charge on any atom is -0.381 e. The van der Waals surface area contributed by atoms with E-state index in [9.17, 15) is 0 Å². The highest BCUT2D eigenvalue weighted by atomic mass is 16.5. The van der Waals surface area contributed by atoms with Crippen molar-refractivity contribution < 1.29 is 4.74 Å². The Hall–Kier alpha value is -0.860. The first kappa shape index (κ1) is 13.1. The highest BCUT2D eigenvalue weighted by Crippen LogP contribution is 2.30. The number of hydrogen-bond acceptors (Lipinski definition) is 2. The van der Waals surface area contributed by atoms with Crippen LogP contribution in [0.25, 0.3) is 0 Å². The van der Waals surface area contributed by atoms with Crippen LogP contribution in [0.15, 0.2) is 24.3 Å². The number of ether oxygens (including phenoxy) is 1. The molecule has 0 atom stereocenters. The Kier molecular flexibility index (Phi) is 4.19. The molecule has 2 saturated heterocycles. The molecule has 1 aromatic carbocycles. The van der Waals surface area contributed by atoms with Crippen molar-refractivity contribution in [1.82, 2.24) is 4.90 Å². The van der Waals surface area contributed by atoms with E-state index < -0.39 is 0 Å². The Balaban J connectivity index is 1.55. The molecule has 104 valence electrons. The summed E-state index contributed by atoms with van der Waals surface area (Å²) in [5.74, 6) is 0.775. The molecule has 2 heterocycles. The van der Waals surface area contributed by atoms with Crippen LogP contribution in [0.5, 0.6) is 0 Å². The van der Waals surface area contributed by atoms with E-state index in [-0.39, 0.29) is 0 Å². The van der Waals surface area contributed by atoms with Crippen molar-refractivity contribution in [2.24, 2.45) is 0 Å². The van der Waals surface area contributed by atoms with Gasteiger partial charge in [0.25, 0.3) is 0 Å². The van der Waals surface area contributed by atoms with E-state index in [2.05, 4.69) is 36.1 Å². The lowest BCUT2D eigenvalue weighted by atomic mass is 9.88. The van der Waals surface area contributed by atoms with Crippen LogP contribution in [-0.4, -0.2) is 37.2 Å². The SMILES string of the molecule is Cc1ccc(C2CCN(C3CCOCC3)CC2)cc1. The molecular formula is C17H25NO. The smallest absolute Gasteiger partial charge is 0.0480 e. The summed E-state index contributed by atoms with van der Waals surface area (Å²) in [5, 5.41) is 0. The molecule has 0 spiro atoms. The molecule has 1 aromatic rings. The van der Waals surface area contributed by atoms with Gasteiger partial charge in [0.2, 0.25) is 0 Å². The second-order valence-corrected chi connectivity index (χ2v) is 6.06. The van der Waals surface area contributed by atoms with Crippen LogP contribution >= 0.6 is 0 Å². The number of likely N-dealkylation sites (tertiary alicyclic amines) is 1. The predicted octanol–water partition coefficient (Wildman–Crippen LogP) is 3.35.